The van der Waals surface area contributed by atoms with Gasteiger partial charge in [0.2, 0.25) is 0 Å². The Bertz CT molecular complexity index is 1070. The second kappa shape index (κ2) is 6.44. The molecule has 0 atom stereocenters. The molecule has 4 aromatic heterocycles. The van der Waals surface area contributed by atoms with Crippen molar-refractivity contribution in [3.8, 4) is 17.3 Å². The first-order valence-corrected chi connectivity index (χ1v) is 8.79. The van der Waals surface area contributed by atoms with E-state index in [1.54, 1.807) is 23.3 Å². The van der Waals surface area contributed by atoms with Crippen LogP contribution in [0.1, 0.15) is 0 Å². The highest BCUT2D eigenvalue weighted by Crippen LogP contribution is 2.29. The molecule has 1 aliphatic heterocycles. The molecule has 0 saturated carbocycles. The quantitative estimate of drug-likeness (QED) is 0.545. The van der Waals surface area contributed by atoms with Gasteiger partial charge in [-0.05, 0) is 18.2 Å². The van der Waals surface area contributed by atoms with E-state index in [9.17, 15) is 0 Å². The number of morpholine rings is 1. The molecule has 0 N–H and O–H groups in total. The van der Waals surface area contributed by atoms with Crippen molar-refractivity contribution in [3.05, 3.63) is 43.0 Å². The van der Waals surface area contributed by atoms with E-state index in [4.69, 9.17) is 19.7 Å². The van der Waals surface area contributed by atoms with Crippen LogP contribution in [0.2, 0.25) is 0 Å². The summed E-state index contributed by atoms with van der Waals surface area (Å²) in [5.74, 6) is 2.16. The third kappa shape index (κ3) is 2.72. The lowest BCUT2D eigenvalue weighted by atomic mass is 10.2. The third-order valence-electron chi connectivity index (χ3n) is 4.65. The molecule has 9 nitrogen and oxygen atoms in total. The maximum absolute atomic E-state index is 5.50. The summed E-state index contributed by atoms with van der Waals surface area (Å²) < 4.78 is 9.16. The zero-order valence-corrected chi connectivity index (χ0v) is 14.9. The zero-order valence-electron chi connectivity index (χ0n) is 14.9. The molecule has 0 spiro atoms. The summed E-state index contributed by atoms with van der Waals surface area (Å²) in [6.07, 6.45) is 7.08. The Labute approximate surface area is 155 Å². The van der Waals surface area contributed by atoms with Crippen molar-refractivity contribution in [2.24, 2.45) is 7.05 Å². The molecule has 136 valence electrons. The molecule has 9 heteroatoms. The molecule has 0 radical (unpaired) electrons. The van der Waals surface area contributed by atoms with Crippen molar-refractivity contribution < 1.29 is 4.74 Å². The minimum atomic E-state index is 0.526. The Morgan fingerprint density at radius 1 is 1.00 bits per heavy atom. The van der Waals surface area contributed by atoms with Gasteiger partial charge in [-0.2, -0.15) is 15.1 Å². The van der Waals surface area contributed by atoms with E-state index in [1.165, 1.54) is 0 Å². The van der Waals surface area contributed by atoms with Crippen LogP contribution in [0.4, 0.5) is 5.82 Å². The molecular weight excluding hydrogens is 344 g/mol. The van der Waals surface area contributed by atoms with E-state index in [0.29, 0.717) is 19.2 Å². The highest BCUT2D eigenvalue weighted by Gasteiger charge is 2.23. The molecule has 1 saturated heterocycles. The molecule has 4 aromatic rings. The predicted molar refractivity (Wildman–Crippen MR) is 99.7 cm³/mol. The lowest BCUT2D eigenvalue weighted by Gasteiger charge is -2.28. The largest absolute Gasteiger partial charge is 0.378 e. The number of fused-ring (bicyclic) bond motifs is 1. The molecule has 1 aliphatic rings. The van der Waals surface area contributed by atoms with Crippen LogP contribution in [0.5, 0.6) is 0 Å². The highest BCUT2D eigenvalue weighted by molar-refractivity contribution is 5.87. The smallest absolute Gasteiger partial charge is 0.254 e. The molecule has 5 rings (SSSR count). The van der Waals surface area contributed by atoms with Crippen molar-refractivity contribution in [2.75, 3.05) is 31.2 Å². The van der Waals surface area contributed by atoms with Crippen molar-refractivity contribution in [3.63, 3.8) is 0 Å². The SMILES string of the molecule is Cn1c(-c2ccncc2)nc2c(N3CCOCC3)nc(-n3cccn3)nc21. The van der Waals surface area contributed by atoms with Gasteiger partial charge in [-0.1, -0.05) is 0 Å². The van der Waals surface area contributed by atoms with E-state index in [1.807, 2.05) is 36.0 Å². The van der Waals surface area contributed by atoms with E-state index in [0.717, 1.165) is 41.5 Å². The molecule has 0 aliphatic carbocycles. The Morgan fingerprint density at radius 3 is 2.56 bits per heavy atom. The molecular formula is C18H18N8O. The summed E-state index contributed by atoms with van der Waals surface area (Å²) in [6.45, 7) is 2.89. The second-order valence-corrected chi connectivity index (χ2v) is 6.30. The summed E-state index contributed by atoms with van der Waals surface area (Å²) in [5, 5.41) is 4.28. The van der Waals surface area contributed by atoms with Gasteiger partial charge in [0.15, 0.2) is 17.0 Å². The van der Waals surface area contributed by atoms with Crippen LogP contribution in [0.15, 0.2) is 43.0 Å². The first-order chi connectivity index (χ1) is 13.3. The van der Waals surface area contributed by atoms with Crippen LogP contribution in [0.25, 0.3) is 28.5 Å². The van der Waals surface area contributed by atoms with Gasteiger partial charge in [0.25, 0.3) is 5.95 Å². The molecule has 0 unspecified atom stereocenters. The molecule has 1 fully saturated rings. The number of rotatable bonds is 3. The second-order valence-electron chi connectivity index (χ2n) is 6.30. The van der Waals surface area contributed by atoms with Gasteiger partial charge in [-0.25, -0.2) is 9.67 Å². The number of pyridine rings is 1. The molecule has 27 heavy (non-hydrogen) atoms. The first-order valence-electron chi connectivity index (χ1n) is 8.79. The fourth-order valence-corrected chi connectivity index (χ4v) is 3.28. The standard InChI is InChI=1S/C18H18N8O/c1-24-15(13-3-6-19-7-4-13)21-14-16(24)22-18(26-8-2-5-20-26)23-17(14)25-9-11-27-12-10-25/h2-8H,9-12H2,1H3. The summed E-state index contributed by atoms with van der Waals surface area (Å²) in [6, 6.07) is 5.74. The van der Waals surface area contributed by atoms with E-state index in [2.05, 4.69) is 15.0 Å². The van der Waals surface area contributed by atoms with Gasteiger partial charge in [0.1, 0.15) is 5.82 Å². The number of aromatic nitrogens is 7. The number of ether oxygens (including phenoxy) is 1. The first kappa shape index (κ1) is 15.9. The normalized spacial score (nSPS) is 14.8. The fourth-order valence-electron chi connectivity index (χ4n) is 3.28. The van der Waals surface area contributed by atoms with Crippen LogP contribution in [-0.2, 0) is 11.8 Å². The van der Waals surface area contributed by atoms with E-state index in [-0.39, 0.29) is 0 Å². The Morgan fingerprint density at radius 2 is 1.81 bits per heavy atom. The predicted octanol–water partition coefficient (Wildman–Crippen LogP) is 1.45. The lowest BCUT2D eigenvalue weighted by molar-refractivity contribution is 0.122. The minimum Gasteiger partial charge on any atom is -0.378 e. The monoisotopic (exact) mass is 362 g/mol. The van der Waals surface area contributed by atoms with Crippen LogP contribution < -0.4 is 4.90 Å². The van der Waals surface area contributed by atoms with Gasteiger partial charge >= 0.3 is 0 Å². The van der Waals surface area contributed by atoms with Gasteiger partial charge in [0, 0.05) is 50.5 Å². The average Bonchev–Trinajstić information content (AvgIpc) is 3.37. The highest BCUT2D eigenvalue weighted by atomic mass is 16.5. The summed E-state index contributed by atoms with van der Waals surface area (Å²) in [4.78, 5) is 20.7. The Balaban J connectivity index is 1.75. The van der Waals surface area contributed by atoms with Crippen LogP contribution >= 0.6 is 0 Å². The van der Waals surface area contributed by atoms with E-state index >= 15 is 0 Å². The molecule has 0 bridgehead atoms. The van der Waals surface area contributed by atoms with Gasteiger partial charge in [-0.3, -0.25) is 4.98 Å². The van der Waals surface area contributed by atoms with Crippen molar-refractivity contribution in [2.45, 2.75) is 0 Å². The number of hydrogen-bond acceptors (Lipinski definition) is 7. The van der Waals surface area contributed by atoms with Gasteiger partial charge < -0.3 is 14.2 Å². The number of aryl methyl sites for hydroxylation is 1. The number of anilines is 1. The Hall–Kier alpha value is -3.33. The number of imidazole rings is 1. The van der Waals surface area contributed by atoms with Gasteiger partial charge in [0.05, 0.1) is 13.2 Å². The van der Waals surface area contributed by atoms with Crippen molar-refractivity contribution in [1.29, 1.82) is 0 Å². The summed E-state index contributed by atoms with van der Waals surface area (Å²) in [7, 11) is 1.97. The Kier molecular flexibility index (Phi) is 3.79. The van der Waals surface area contributed by atoms with Crippen LogP contribution in [0, 0.1) is 0 Å². The fraction of sp³-hybridized carbons (Fsp3) is 0.278. The van der Waals surface area contributed by atoms with Crippen LogP contribution in [0.3, 0.4) is 0 Å². The van der Waals surface area contributed by atoms with Crippen molar-refractivity contribution >= 4 is 17.0 Å². The molecule has 0 amide bonds. The van der Waals surface area contributed by atoms with Crippen LogP contribution in [-0.4, -0.2) is 60.6 Å². The zero-order chi connectivity index (χ0) is 18.2. The van der Waals surface area contributed by atoms with E-state index < -0.39 is 0 Å². The third-order valence-corrected chi connectivity index (χ3v) is 4.65. The van der Waals surface area contributed by atoms with Gasteiger partial charge in [-0.15, -0.1) is 0 Å². The summed E-state index contributed by atoms with van der Waals surface area (Å²) >= 11 is 0. The number of nitrogens with zero attached hydrogens (tertiary/aromatic N) is 8. The van der Waals surface area contributed by atoms with Crippen molar-refractivity contribution in [1.82, 2.24) is 34.3 Å². The molecule has 5 heterocycles. The molecule has 0 aromatic carbocycles. The number of hydrogen-bond donors (Lipinski definition) is 0. The average molecular weight is 362 g/mol. The maximum Gasteiger partial charge on any atom is 0.254 e. The lowest BCUT2D eigenvalue weighted by Crippen LogP contribution is -2.37. The summed E-state index contributed by atoms with van der Waals surface area (Å²) in [5.41, 5.74) is 2.53. The topological polar surface area (TPSA) is 86.8 Å². The maximum atomic E-state index is 5.50. The minimum absolute atomic E-state index is 0.526.